The summed E-state index contributed by atoms with van der Waals surface area (Å²) in [5.74, 6) is -0.00506. The van der Waals surface area contributed by atoms with E-state index in [1.54, 1.807) is 6.20 Å². The van der Waals surface area contributed by atoms with Gasteiger partial charge in [-0.2, -0.15) is 0 Å². The van der Waals surface area contributed by atoms with E-state index in [2.05, 4.69) is 15.2 Å². The SMILES string of the molecule is CCNC(=O)C1COCCN1C(CN)c1cccnc1. The molecule has 20 heavy (non-hydrogen) atoms. The van der Waals surface area contributed by atoms with Gasteiger partial charge < -0.3 is 15.8 Å². The summed E-state index contributed by atoms with van der Waals surface area (Å²) in [5, 5.41) is 2.86. The quantitative estimate of drug-likeness (QED) is 0.787. The highest BCUT2D eigenvalue weighted by Crippen LogP contribution is 2.23. The zero-order chi connectivity index (χ0) is 14.4. The number of likely N-dealkylation sites (N-methyl/N-ethyl adjacent to an activating group) is 1. The van der Waals surface area contributed by atoms with Gasteiger partial charge in [0.25, 0.3) is 0 Å². The molecule has 110 valence electrons. The molecule has 1 aliphatic heterocycles. The maximum atomic E-state index is 12.2. The monoisotopic (exact) mass is 278 g/mol. The number of pyridine rings is 1. The number of hydrogen-bond donors (Lipinski definition) is 2. The molecule has 0 saturated carbocycles. The van der Waals surface area contributed by atoms with E-state index in [0.717, 1.165) is 5.56 Å². The first-order valence-corrected chi connectivity index (χ1v) is 6.99. The van der Waals surface area contributed by atoms with Crippen LogP contribution in [0, 0.1) is 0 Å². The van der Waals surface area contributed by atoms with Gasteiger partial charge in [0.15, 0.2) is 0 Å². The standard InChI is InChI=1S/C14H22N4O2/c1-2-17-14(19)13-10-20-7-6-18(13)12(8-15)11-4-3-5-16-9-11/h3-5,9,12-13H,2,6-8,10,15H2,1H3,(H,17,19). The zero-order valence-electron chi connectivity index (χ0n) is 11.8. The molecule has 1 aromatic heterocycles. The maximum absolute atomic E-state index is 12.2. The van der Waals surface area contributed by atoms with Crippen LogP contribution in [0.15, 0.2) is 24.5 Å². The lowest BCUT2D eigenvalue weighted by Gasteiger charge is -2.39. The topological polar surface area (TPSA) is 80.5 Å². The van der Waals surface area contributed by atoms with E-state index in [-0.39, 0.29) is 18.0 Å². The molecular weight excluding hydrogens is 256 g/mol. The average molecular weight is 278 g/mol. The Morgan fingerprint density at radius 2 is 2.55 bits per heavy atom. The first kappa shape index (κ1) is 14.9. The Balaban J connectivity index is 2.19. The Morgan fingerprint density at radius 1 is 1.70 bits per heavy atom. The molecule has 1 aliphatic rings. The summed E-state index contributed by atoms with van der Waals surface area (Å²) in [6.45, 7) is 4.69. The predicted octanol–water partition coefficient (Wildman–Crippen LogP) is -0.0817. The van der Waals surface area contributed by atoms with Crippen LogP contribution in [0.1, 0.15) is 18.5 Å². The van der Waals surface area contributed by atoms with Crippen LogP contribution in [0.2, 0.25) is 0 Å². The number of nitrogens with zero attached hydrogens (tertiary/aromatic N) is 2. The summed E-state index contributed by atoms with van der Waals surface area (Å²) < 4.78 is 5.45. The Morgan fingerprint density at radius 3 is 3.20 bits per heavy atom. The van der Waals surface area contributed by atoms with Crippen LogP contribution in [0.25, 0.3) is 0 Å². The maximum Gasteiger partial charge on any atom is 0.239 e. The van der Waals surface area contributed by atoms with E-state index < -0.39 is 0 Å². The summed E-state index contributed by atoms with van der Waals surface area (Å²) in [4.78, 5) is 18.4. The van der Waals surface area contributed by atoms with Crippen LogP contribution in [0.4, 0.5) is 0 Å². The normalized spacial score (nSPS) is 21.4. The van der Waals surface area contributed by atoms with E-state index in [1.807, 2.05) is 25.3 Å². The zero-order valence-corrected chi connectivity index (χ0v) is 11.8. The van der Waals surface area contributed by atoms with E-state index in [1.165, 1.54) is 0 Å². The van der Waals surface area contributed by atoms with Gasteiger partial charge in [-0.25, -0.2) is 0 Å². The minimum absolute atomic E-state index is 0.00506. The molecule has 1 saturated heterocycles. The van der Waals surface area contributed by atoms with Gasteiger partial charge in [0.2, 0.25) is 5.91 Å². The van der Waals surface area contributed by atoms with Crippen molar-refractivity contribution in [3.05, 3.63) is 30.1 Å². The lowest BCUT2D eigenvalue weighted by atomic mass is 10.0. The summed E-state index contributed by atoms with van der Waals surface area (Å²) in [6, 6.07) is 3.58. The number of ether oxygens (including phenoxy) is 1. The highest BCUT2D eigenvalue weighted by molar-refractivity contribution is 5.82. The van der Waals surface area contributed by atoms with E-state index in [9.17, 15) is 4.79 Å². The lowest BCUT2D eigenvalue weighted by Crippen LogP contribution is -2.55. The van der Waals surface area contributed by atoms with Crippen LogP contribution in [0.3, 0.4) is 0 Å². The minimum Gasteiger partial charge on any atom is -0.378 e. The first-order valence-electron chi connectivity index (χ1n) is 6.99. The molecule has 2 heterocycles. The van der Waals surface area contributed by atoms with Gasteiger partial charge in [0, 0.05) is 38.1 Å². The third kappa shape index (κ3) is 3.33. The van der Waals surface area contributed by atoms with E-state index in [0.29, 0.717) is 32.8 Å². The number of hydrogen-bond acceptors (Lipinski definition) is 5. The average Bonchev–Trinajstić information content (AvgIpc) is 2.50. The van der Waals surface area contributed by atoms with Gasteiger partial charge in [0.1, 0.15) is 6.04 Å². The van der Waals surface area contributed by atoms with Crippen molar-refractivity contribution in [1.82, 2.24) is 15.2 Å². The first-order chi connectivity index (χ1) is 9.77. The molecule has 0 bridgehead atoms. The largest absolute Gasteiger partial charge is 0.378 e. The molecule has 2 atom stereocenters. The highest BCUT2D eigenvalue weighted by atomic mass is 16.5. The third-order valence-electron chi connectivity index (χ3n) is 3.52. The smallest absolute Gasteiger partial charge is 0.239 e. The van der Waals surface area contributed by atoms with Crippen molar-refractivity contribution >= 4 is 5.91 Å². The van der Waals surface area contributed by atoms with Gasteiger partial charge >= 0.3 is 0 Å². The number of carbonyl (C=O) groups excluding carboxylic acids is 1. The molecule has 1 amide bonds. The third-order valence-corrected chi connectivity index (χ3v) is 3.52. The molecule has 0 aromatic carbocycles. The van der Waals surface area contributed by atoms with Gasteiger partial charge in [-0.15, -0.1) is 0 Å². The molecule has 0 radical (unpaired) electrons. The van der Waals surface area contributed by atoms with Crippen molar-refractivity contribution in [3.63, 3.8) is 0 Å². The Kier molecular flexibility index (Phi) is 5.46. The van der Waals surface area contributed by atoms with Crippen LogP contribution in [-0.4, -0.2) is 54.7 Å². The molecule has 1 aromatic rings. The van der Waals surface area contributed by atoms with Crippen molar-refractivity contribution in [1.29, 1.82) is 0 Å². The number of morpholine rings is 1. The highest BCUT2D eigenvalue weighted by Gasteiger charge is 2.34. The molecule has 6 heteroatoms. The predicted molar refractivity (Wildman–Crippen MR) is 76.0 cm³/mol. The summed E-state index contributed by atoms with van der Waals surface area (Å²) in [7, 11) is 0. The summed E-state index contributed by atoms with van der Waals surface area (Å²) in [5.41, 5.74) is 6.96. The van der Waals surface area contributed by atoms with Crippen LogP contribution in [-0.2, 0) is 9.53 Å². The molecule has 1 fully saturated rings. The molecule has 0 spiro atoms. The number of amides is 1. The number of carbonyl (C=O) groups is 1. The van der Waals surface area contributed by atoms with Crippen molar-refractivity contribution in [2.45, 2.75) is 19.0 Å². The van der Waals surface area contributed by atoms with Crippen LogP contribution >= 0.6 is 0 Å². The number of rotatable bonds is 5. The van der Waals surface area contributed by atoms with E-state index >= 15 is 0 Å². The number of nitrogens with one attached hydrogen (secondary N) is 1. The number of aromatic nitrogens is 1. The fourth-order valence-electron chi connectivity index (χ4n) is 2.54. The second-order valence-electron chi connectivity index (χ2n) is 4.76. The van der Waals surface area contributed by atoms with Gasteiger partial charge in [-0.05, 0) is 18.6 Å². The number of nitrogens with two attached hydrogens (primary N) is 1. The fourth-order valence-corrected chi connectivity index (χ4v) is 2.54. The van der Waals surface area contributed by atoms with Crippen LogP contribution < -0.4 is 11.1 Å². The molecule has 6 nitrogen and oxygen atoms in total. The van der Waals surface area contributed by atoms with Crippen molar-refractivity contribution in [3.8, 4) is 0 Å². The lowest BCUT2D eigenvalue weighted by molar-refractivity contribution is -0.134. The Bertz CT molecular complexity index is 426. The van der Waals surface area contributed by atoms with Crippen molar-refractivity contribution in [2.75, 3.05) is 32.8 Å². The van der Waals surface area contributed by atoms with E-state index in [4.69, 9.17) is 10.5 Å². The van der Waals surface area contributed by atoms with Crippen molar-refractivity contribution in [2.24, 2.45) is 5.73 Å². The van der Waals surface area contributed by atoms with Gasteiger partial charge in [0.05, 0.1) is 13.2 Å². The second kappa shape index (κ2) is 7.33. The van der Waals surface area contributed by atoms with Gasteiger partial charge in [-0.3, -0.25) is 14.7 Å². The van der Waals surface area contributed by atoms with Crippen LogP contribution in [0.5, 0.6) is 0 Å². The molecule has 2 rings (SSSR count). The summed E-state index contributed by atoms with van der Waals surface area (Å²) >= 11 is 0. The molecular formula is C14H22N4O2. The van der Waals surface area contributed by atoms with Crippen molar-refractivity contribution < 1.29 is 9.53 Å². The Labute approximate surface area is 119 Å². The van der Waals surface area contributed by atoms with Gasteiger partial charge in [-0.1, -0.05) is 6.07 Å². The molecule has 0 aliphatic carbocycles. The molecule has 3 N–H and O–H groups in total. The molecule has 2 unspecified atom stereocenters. The minimum atomic E-state index is -0.294. The Hall–Kier alpha value is -1.50. The summed E-state index contributed by atoms with van der Waals surface area (Å²) in [6.07, 6.45) is 3.54. The second-order valence-corrected chi connectivity index (χ2v) is 4.76. The fraction of sp³-hybridized carbons (Fsp3) is 0.571.